The van der Waals surface area contributed by atoms with Crippen LogP contribution in [-0.4, -0.2) is 35.0 Å². The maximum Gasteiger partial charge on any atom is 0.289 e. The Morgan fingerprint density at radius 2 is 1.89 bits per heavy atom. The normalized spacial score (nSPS) is 16.6. The topological polar surface area (TPSA) is 55.8 Å². The van der Waals surface area contributed by atoms with Crippen molar-refractivity contribution in [3.05, 3.63) is 57.0 Å². The number of hydrogen-bond acceptors (Lipinski definition) is 5. The summed E-state index contributed by atoms with van der Waals surface area (Å²) in [5, 5.41) is 0.0719. The zero-order chi connectivity index (χ0) is 20.3. The van der Waals surface area contributed by atoms with Gasteiger partial charge >= 0.3 is 0 Å². The number of halogens is 2. The minimum atomic E-state index is -0.412. The smallest absolute Gasteiger partial charge is 0.289 e. The Morgan fingerprint density at radius 1 is 1.18 bits per heavy atom. The van der Waals surface area contributed by atoms with E-state index in [9.17, 15) is 9.59 Å². The molecule has 148 valence electrons. The van der Waals surface area contributed by atoms with Gasteiger partial charge in [-0.3, -0.25) is 14.5 Å². The van der Waals surface area contributed by atoms with E-state index in [4.69, 9.17) is 21.1 Å². The third kappa shape index (κ3) is 4.64. The first kappa shape index (κ1) is 21.0. The maximum atomic E-state index is 12.3. The van der Waals surface area contributed by atoms with E-state index in [1.807, 2.05) is 36.4 Å². The number of ether oxygens (including phenoxy) is 2. The fourth-order valence-electron chi connectivity index (χ4n) is 2.89. The maximum absolute atomic E-state index is 12.3. The van der Waals surface area contributed by atoms with Crippen molar-refractivity contribution in [1.29, 1.82) is 0 Å². The van der Waals surface area contributed by atoms with E-state index < -0.39 is 5.25 Å². The Bertz CT molecular complexity index is 891. The second-order valence-electron chi connectivity index (χ2n) is 6.18. The minimum Gasteiger partial charge on any atom is -0.493 e. The summed E-state index contributed by atoms with van der Waals surface area (Å²) >= 11 is 10.5. The van der Waals surface area contributed by atoms with Gasteiger partial charge in [-0.2, -0.15) is 0 Å². The van der Waals surface area contributed by atoms with Crippen molar-refractivity contribution in [1.82, 2.24) is 4.90 Å². The predicted molar refractivity (Wildman–Crippen MR) is 114 cm³/mol. The molecule has 1 fully saturated rings. The molecule has 1 aliphatic rings. The van der Waals surface area contributed by atoms with Crippen molar-refractivity contribution in [2.24, 2.45) is 0 Å². The molecule has 3 rings (SSSR count). The first-order chi connectivity index (χ1) is 13.4. The Balaban J connectivity index is 1.75. The van der Waals surface area contributed by atoms with Crippen LogP contribution in [0, 0.1) is 0 Å². The molecule has 2 aromatic rings. The molecule has 0 bridgehead atoms. The third-order valence-corrected chi connectivity index (χ3v) is 6.24. The Hall–Kier alpha value is -1.70. The molecule has 0 saturated carbocycles. The van der Waals surface area contributed by atoms with Gasteiger partial charge < -0.3 is 9.47 Å². The van der Waals surface area contributed by atoms with Gasteiger partial charge in [0.15, 0.2) is 11.5 Å². The van der Waals surface area contributed by atoms with Gasteiger partial charge in [-0.25, -0.2) is 0 Å². The third-order valence-electron chi connectivity index (χ3n) is 4.33. The van der Waals surface area contributed by atoms with Crippen molar-refractivity contribution in [3.8, 4) is 11.5 Å². The van der Waals surface area contributed by atoms with Crippen LogP contribution in [0.5, 0.6) is 11.5 Å². The average Bonchev–Trinajstić information content (AvgIpc) is 2.94. The van der Waals surface area contributed by atoms with Gasteiger partial charge in [0, 0.05) is 11.6 Å². The lowest BCUT2D eigenvalue weighted by Gasteiger charge is -2.16. The SMILES string of the molecule is CCN1C(=O)S[C@H](Cc2cc(Br)c(OCc3ccc(Cl)cc3)c(OC)c2)C1=O. The van der Waals surface area contributed by atoms with E-state index in [2.05, 4.69) is 15.9 Å². The van der Waals surface area contributed by atoms with Crippen LogP contribution in [0.25, 0.3) is 0 Å². The molecule has 2 amide bonds. The molecule has 0 radical (unpaired) electrons. The van der Waals surface area contributed by atoms with Crippen LogP contribution in [0.4, 0.5) is 4.79 Å². The van der Waals surface area contributed by atoms with Gasteiger partial charge in [-0.05, 0) is 64.7 Å². The van der Waals surface area contributed by atoms with Crippen LogP contribution < -0.4 is 9.47 Å². The van der Waals surface area contributed by atoms with Gasteiger partial charge in [-0.15, -0.1) is 0 Å². The summed E-state index contributed by atoms with van der Waals surface area (Å²) < 4.78 is 12.1. The van der Waals surface area contributed by atoms with E-state index in [0.717, 1.165) is 27.4 Å². The first-order valence-corrected chi connectivity index (χ1v) is 10.7. The number of nitrogens with zero attached hydrogens (tertiary/aromatic N) is 1. The highest BCUT2D eigenvalue weighted by molar-refractivity contribution is 9.10. The van der Waals surface area contributed by atoms with Crippen molar-refractivity contribution < 1.29 is 19.1 Å². The summed E-state index contributed by atoms with van der Waals surface area (Å²) in [6.45, 7) is 2.55. The summed E-state index contributed by atoms with van der Waals surface area (Å²) in [6, 6.07) is 11.2. The lowest BCUT2D eigenvalue weighted by atomic mass is 10.1. The fraction of sp³-hybridized carbons (Fsp3) is 0.300. The van der Waals surface area contributed by atoms with Crippen molar-refractivity contribution in [2.45, 2.75) is 25.2 Å². The van der Waals surface area contributed by atoms with Crippen molar-refractivity contribution in [3.63, 3.8) is 0 Å². The molecule has 5 nitrogen and oxygen atoms in total. The standard InChI is InChI=1S/C20H19BrClNO4S/c1-3-23-19(24)17(28-20(23)25)10-13-8-15(21)18(16(9-13)26-2)27-11-12-4-6-14(22)7-5-12/h4-9,17H,3,10-11H2,1-2H3/t17-/m1/s1. The molecule has 1 aliphatic heterocycles. The molecule has 1 saturated heterocycles. The zero-order valence-electron chi connectivity index (χ0n) is 15.4. The zero-order valence-corrected chi connectivity index (χ0v) is 18.6. The van der Waals surface area contributed by atoms with Crippen molar-refractivity contribution in [2.75, 3.05) is 13.7 Å². The molecule has 1 heterocycles. The Kier molecular flexibility index (Phi) is 6.91. The molecule has 28 heavy (non-hydrogen) atoms. The van der Waals surface area contributed by atoms with Crippen LogP contribution in [-0.2, 0) is 17.8 Å². The van der Waals surface area contributed by atoms with E-state index >= 15 is 0 Å². The monoisotopic (exact) mass is 483 g/mol. The molecular formula is C20H19BrClNO4S. The van der Waals surface area contributed by atoms with Crippen LogP contribution in [0.15, 0.2) is 40.9 Å². The molecule has 0 unspecified atom stereocenters. The summed E-state index contributed by atoms with van der Waals surface area (Å²) in [5.74, 6) is 1.00. The largest absolute Gasteiger partial charge is 0.493 e. The lowest BCUT2D eigenvalue weighted by Crippen LogP contribution is -2.31. The number of hydrogen-bond donors (Lipinski definition) is 0. The summed E-state index contributed by atoms with van der Waals surface area (Å²) in [4.78, 5) is 25.5. The Labute approximate surface area is 181 Å². The highest BCUT2D eigenvalue weighted by Crippen LogP contribution is 2.39. The quantitative estimate of drug-likeness (QED) is 0.532. The van der Waals surface area contributed by atoms with Crippen LogP contribution in [0.3, 0.4) is 0 Å². The number of benzene rings is 2. The fourth-order valence-corrected chi connectivity index (χ4v) is 4.72. The molecule has 1 atom stereocenters. The number of amides is 2. The summed E-state index contributed by atoms with van der Waals surface area (Å²) in [5.41, 5.74) is 1.87. The number of thioether (sulfide) groups is 1. The molecule has 0 aromatic heterocycles. The van der Waals surface area contributed by atoms with E-state index in [-0.39, 0.29) is 11.1 Å². The van der Waals surface area contributed by atoms with Crippen LogP contribution >= 0.6 is 39.3 Å². The molecule has 8 heteroatoms. The second-order valence-corrected chi connectivity index (χ2v) is 8.63. The predicted octanol–water partition coefficient (Wildman–Crippen LogP) is 5.32. The number of methoxy groups -OCH3 is 1. The van der Waals surface area contributed by atoms with E-state index in [1.54, 1.807) is 14.0 Å². The Morgan fingerprint density at radius 3 is 2.50 bits per heavy atom. The van der Waals surface area contributed by atoms with Gasteiger partial charge in [0.1, 0.15) is 6.61 Å². The highest BCUT2D eigenvalue weighted by Gasteiger charge is 2.38. The van der Waals surface area contributed by atoms with E-state index in [0.29, 0.717) is 36.1 Å². The first-order valence-electron chi connectivity index (χ1n) is 8.68. The molecular weight excluding hydrogens is 466 g/mol. The van der Waals surface area contributed by atoms with Crippen LogP contribution in [0.1, 0.15) is 18.1 Å². The second kappa shape index (κ2) is 9.20. The summed E-state index contributed by atoms with van der Waals surface area (Å²) in [6.07, 6.45) is 0.443. The minimum absolute atomic E-state index is 0.143. The number of carbonyl (C=O) groups is 2. The van der Waals surface area contributed by atoms with Crippen LogP contribution in [0.2, 0.25) is 5.02 Å². The lowest BCUT2D eigenvalue weighted by molar-refractivity contribution is -0.126. The van der Waals surface area contributed by atoms with E-state index in [1.165, 1.54) is 4.90 Å². The molecule has 0 N–H and O–H groups in total. The average molecular weight is 485 g/mol. The highest BCUT2D eigenvalue weighted by atomic mass is 79.9. The van der Waals surface area contributed by atoms with Gasteiger partial charge in [0.2, 0.25) is 5.91 Å². The number of rotatable bonds is 7. The van der Waals surface area contributed by atoms with Crippen molar-refractivity contribution >= 4 is 50.4 Å². The van der Waals surface area contributed by atoms with Gasteiger partial charge in [0.05, 0.1) is 16.8 Å². The molecule has 0 spiro atoms. The molecule has 0 aliphatic carbocycles. The molecule has 2 aromatic carbocycles. The van der Waals surface area contributed by atoms with Gasteiger partial charge in [-0.1, -0.05) is 35.5 Å². The number of carbonyl (C=O) groups excluding carboxylic acids is 2. The van der Waals surface area contributed by atoms with Gasteiger partial charge in [0.25, 0.3) is 5.24 Å². The number of imide groups is 1. The summed E-state index contributed by atoms with van der Waals surface area (Å²) in [7, 11) is 1.57.